The Balaban J connectivity index is 2.09. The lowest BCUT2D eigenvalue weighted by Crippen LogP contribution is -2.48. The van der Waals surface area contributed by atoms with Crippen LogP contribution in [0.15, 0.2) is 18.2 Å². The van der Waals surface area contributed by atoms with Crippen LogP contribution in [0.5, 0.6) is 0 Å². The number of carbonyl (C=O) groups excluding carboxylic acids is 1. The molecule has 1 N–H and O–H groups in total. The Bertz CT molecular complexity index is 456. The molecule has 2 heterocycles. The molecule has 2 aliphatic rings. The number of hydrogen-bond acceptors (Lipinski definition) is 2. The topological polar surface area (TPSA) is 32.3 Å². The van der Waals surface area contributed by atoms with Gasteiger partial charge in [-0.2, -0.15) is 0 Å². The van der Waals surface area contributed by atoms with Crippen molar-refractivity contribution >= 4 is 17.3 Å². The Morgan fingerprint density at radius 2 is 2.18 bits per heavy atom. The summed E-state index contributed by atoms with van der Waals surface area (Å²) in [5.41, 5.74) is 3.47. The first kappa shape index (κ1) is 10.6. The van der Waals surface area contributed by atoms with Gasteiger partial charge in [0.25, 0.3) is 0 Å². The zero-order chi connectivity index (χ0) is 11.8. The maximum absolute atomic E-state index is 12.1. The molecule has 17 heavy (non-hydrogen) atoms. The van der Waals surface area contributed by atoms with Crippen LogP contribution in [0.2, 0.25) is 0 Å². The summed E-state index contributed by atoms with van der Waals surface area (Å²) in [7, 11) is 0. The fourth-order valence-corrected chi connectivity index (χ4v) is 3.01. The summed E-state index contributed by atoms with van der Waals surface area (Å²) in [4.78, 5) is 14.4. The molecule has 3 rings (SSSR count). The van der Waals surface area contributed by atoms with Crippen molar-refractivity contribution in [3.05, 3.63) is 23.8 Å². The molecule has 3 nitrogen and oxygen atoms in total. The number of carbonyl (C=O) groups is 1. The number of hydrogen-bond donors (Lipinski definition) is 1. The van der Waals surface area contributed by atoms with E-state index < -0.39 is 0 Å². The highest BCUT2D eigenvalue weighted by Gasteiger charge is 2.34. The van der Waals surface area contributed by atoms with Gasteiger partial charge in [0.2, 0.25) is 5.91 Å². The molecule has 1 amide bonds. The molecule has 0 aliphatic carbocycles. The number of nitrogens with one attached hydrogen (secondary N) is 1. The summed E-state index contributed by atoms with van der Waals surface area (Å²) < 4.78 is 0. The van der Waals surface area contributed by atoms with Crippen molar-refractivity contribution in [2.45, 2.75) is 38.6 Å². The Kier molecular flexibility index (Phi) is 2.54. The van der Waals surface area contributed by atoms with Crippen molar-refractivity contribution in [2.75, 3.05) is 16.8 Å². The lowest BCUT2D eigenvalue weighted by atomic mass is 10.0. The SMILES string of the molecule is Cc1cccc2c1N1CCCCCC1C(=O)N2. The molecule has 90 valence electrons. The standard InChI is InChI=1S/C14H18N2O/c1-10-6-5-7-11-13(10)16-9-4-2-3-8-12(16)14(17)15-11/h5-7,12H,2-4,8-9H2,1H3,(H,15,17). The second-order valence-corrected chi connectivity index (χ2v) is 5.02. The van der Waals surface area contributed by atoms with E-state index in [2.05, 4.69) is 23.2 Å². The van der Waals surface area contributed by atoms with Gasteiger partial charge in [0.05, 0.1) is 11.4 Å². The number of nitrogens with zero attached hydrogens (tertiary/aromatic N) is 1. The third kappa shape index (κ3) is 1.70. The fraction of sp³-hybridized carbons (Fsp3) is 0.500. The summed E-state index contributed by atoms with van der Waals surface area (Å²) in [5, 5.41) is 3.05. The van der Waals surface area contributed by atoms with Crippen molar-refractivity contribution < 1.29 is 4.79 Å². The van der Waals surface area contributed by atoms with Crippen molar-refractivity contribution in [2.24, 2.45) is 0 Å². The largest absolute Gasteiger partial charge is 0.358 e. The summed E-state index contributed by atoms with van der Waals surface area (Å²) in [6.07, 6.45) is 4.58. The minimum Gasteiger partial charge on any atom is -0.358 e. The van der Waals surface area contributed by atoms with Gasteiger partial charge in [-0.15, -0.1) is 0 Å². The predicted molar refractivity (Wildman–Crippen MR) is 69.4 cm³/mol. The van der Waals surface area contributed by atoms with Gasteiger partial charge in [0.1, 0.15) is 6.04 Å². The van der Waals surface area contributed by atoms with Gasteiger partial charge in [-0.3, -0.25) is 4.79 Å². The number of aryl methyl sites for hydroxylation is 1. The van der Waals surface area contributed by atoms with Gasteiger partial charge >= 0.3 is 0 Å². The monoisotopic (exact) mass is 230 g/mol. The first-order valence-corrected chi connectivity index (χ1v) is 6.44. The van der Waals surface area contributed by atoms with Crippen LogP contribution in [0.3, 0.4) is 0 Å². The zero-order valence-electron chi connectivity index (χ0n) is 10.2. The van der Waals surface area contributed by atoms with E-state index in [0.717, 1.165) is 25.1 Å². The van der Waals surface area contributed by atoms with E-state index in [0.29, 0.717) is 0 Å². The molecule has 0 saturated carbocycles. The van der Waals surface area contributed by atoms with E-state index in [1.54, 1.807) is 0 Å². The molecule has 0 bridgehead atoms. The van der Waals surface area contributed by atoms with E-state index in [4.69, 9.17) is 0 Å². The molecule has 1 aromatic carbocycles. The second kappa shape index (κ2) is 4.06. The van der Waals surface area contributed by atoms with Gasteiger partial charge in [-0.1, -0.05) is 25.0 Å². The average molecular weight is 230 g/mol. The van der Waals surface area contributed by atoms with Crippen molar-refractivity contribution in [3.8, 4) is 0 Å². The van der Waals surface area contributed by atoms with E-state index in [1.807, 2.05) is 12.1 Å². The number of fused-ring (bicyclic) bond motifs is 3. The lowest BCUT2D eigenvalue weighted by Gasteiger charge is -2.38. The van der Waals surface area contributed by atoms with Crippen molar-refractivity contribution in [3.63, 3.8) is 0 Å². The van der Waals surface area contributed by atoms with Gasteiger partial charge < -0.3 is 10.2 Å². The lowest BCUT2D eigenvalue weighted by molar-refractivity contribution is -0.117. The maximum Gasteiger partial charge on any atom is 0.247 e. The molecular weight excluding hydrogens is 212 g/mol. The molecule has 1 unspecified atom stereocenters. The molecule has 1 atom stereocenters. The molecule has 1 aromatic rings. The van der Waals surface area contributed by atoms with Crippen LogP contribution in [0.1, 0.15) is 31.2 Å². The number of para-hydroxylation sites is 1. The minimum atomic E-state index is 0.0473. The Morgan fingerprint density at radius 3 is 3.06 bits per heavy atom. The van der Waals surface area contributed by atoms with Crippen molar-refractivity contribution in [1.29, 1.82) is 0 Å². The number of amides is 1. The van der Waals surface area contributed by atoms with Gasteiger partial charge in [-0.05, 0) is 31.4 Å². The van der Waals surface area contributed by atoms with Crippen LogP contribution in [0.4, 0.5) is 11.4 Å². The Morgan fingerprint density at radius 1 is 1.29 bits per heavy atom. The smallest absolute Gasteiger partial charge is 0.247 e. The molecule has 2 aliphatic heterocycles. The van der Waals surface area contributed by atoms with Crippen LogP contribution in [0, 0.1) is 6.92 Å². The number of anilines is 2. The number of rotatable bonds is 0. The Hall–Kier alpha value is -1.51. The van der Waals surface area contributed by atoms with Gasteiger partial charge in [0.15, 0.2) is 0 Å². The fourth-order valence-electron chi connectivity index (χ4n) is 3.01. The molecule has 1 saturated heterocycles. The zero-order valence-corrected chi connectivity index (χ0v) is 10.2. The highest BCUT2D eigenvalue weighted by Crippen LogP contribution is 2.37. The third-order valence-corrected chi connectivity index (χ3v) is 3.84. The van der Waals surface area contributed by atoms with Gasteiger partial charge in [-0.25, -0.2) is 0 Å². The number of benzene rings is 1. The normalized spacial score (nSPS) is 23.5. The summed E-state index contributed by atoms with van der Waals surface area (Å²) in [6, 6.07) is 6.18. The van der Waals surface area contributed by atoms with Crippen LogP contribution >= 0.6 is 0 Å². The van der Waals surface area contributed by atoms with Crippen molar-refractivity contribution in [1.82, 2.24) is 0 Å². The minimum absolute atomic E-state index is 0.0473. The van der Waals surface area contributed by atoms with Crippen LogP contribution in [-0.2, 0) is 4.79 Å². The summed E-state index contributed by atoms with van der Waals surface area (Å²) >= 11 is 0. The highest BCUT2D eigenvalue weighted by molar-refractivity contribution is 6.04. The predicted octanol–water partition coefficient (Wildman–Crippen LogP) is 2.70. The van der Waals surface area contributed by atoms with E-state index >= 15 is 0 Å². The molecule has 0 radical (unpaired) electrons. The van der Waals surface area contributed by atoms with E-state index in [-0.39, 0.29) is 11.9 Å². The first-order chi connectivity index (χ1) is 8.27. The van der Waals surface area contributed by atoms with Crippen LogP contribution < -0.4 is 10.2 Å². The molecular formula is C14H18N2O. The van der Waals surface area contributed by atoms with E-state index in [9.17, 15) is 4.79 Å². The first-order valence-electron chi connectivity index (χ1n) is 6.44. The quantitative estimate of drug-likeness (QED) is 0.743. The summed E-state index contributed by atoms with van der Waals surface area (Å²) in [5.74, 6) is 0.171. The van der Waals surface area contributed by atoms with Gasteiger partial charge in [0, 0.05) is 6.54 Å². The molecule has 1 fully saturated rings. The summed E-state index contributed by atoms with van der Waals surface area (Å²) in [6.45, 7) is 3.13. The van der Waals surface area contributed by atoms with Crippen LogP contribution in [-0.4, -0.2) is 18.5 Å². The van der Waals surface area contributed by atoms with E-state index in [1.165, 1.54) is 24.1 Å². The van der Waals surface area contributed by atoms with Crippen LogP contribution in [0.25, 0.3) is 0 Å². The highest BCUT2D eigenvalue weighted by atomic mass is 16.2. The average Bonchev–Trinajstić information content (AvgIpc) is 2.55. The molecule has 0 aromatic heterocycles. The Labute approximate surface area is 102 Å². The maximum atomic E-state index is 12.1. The molecule has 3 heteroatoms. The third-order valence-electron chi connectivity index (χ3n) is 3.84. The second-order valence-electron chi connectivity index (χ2n) is 5.02. The molecule has 0 spiro atoms.